The van der Waals surface area contributed by atoms with Gasteiger partial charge in [0, 0.05) is 0 Å². The largest absolute Gasteiger partial charge is 0.494 e. The predicted molar refractivity (Wildman–Crippen MR) is 213 cm³/mol. The highest BCUT2D eigenvalue weighted by atomic mass is 16.5. The number of ether oxygens (including phenoxy) is 4. The van der Waals surface area contributed by atoms with Gasteiger partial charge in [-0.15, -0.1) is 0 Å². The second kappa shape index (κ2) is 21.5. The standard InChI is InChI=1S/C47H47NO7/c1-2-3-4-5-6-7-8-9-10-11-12-32-52-41-28-22-38(23-29-41)46(50)54-43-30-24-39(25-31-43)47(51)55-44-15-13-14-40(33-44)36-18-20-37(21-19-36)45(49)53-42-26-16-35(34-48)17-27-42/h13-31,33H,2-12,32H2,1H3. The molecule has 8 nitrogen and oxygen atoms in total. The number of nitrogens with zero attached hydrogens (tertiary/aromatic N) is 1. The SMILES string of the molecule is CCCCCCCCCCCCCOc1ccc(C(=O)Oc2ccc(C(=O)Oc3cccc(-c4ccc(C(=O)Oc5ccc(C#N)cc5)cc4)c3)cc2)cc1. The van der Waals surface area contributed by atoms with Crippen LogP contribution in [-0.4, -0.2) is 24.5 Å². The minimum Gasteiger partial charge on any atom is -0.494 e. The molecule has 0 N–H and O–H groups in total. The summed E-state index contributed by atoms with van der Waals surface area (Å²) >= 11 is 0. The summed E-state index contributed by atoms with van der Waals surface area (Å²) in [6.07, 6.45) is 14.1. The summed E-state index contributed by atoms with van der Waals surface area (Å²) in [4.78, 5) is 38.3. The smallest absolute Gasteiger partial charge is 0.343 e. The van der Waals surface area contributed by atoms with Crippen molar-refractivity contribution >= 4 is 17.9 Å². The van der Waals surface area contributed by atoms with E-state index in [4.69, 9.17) is 24.2 Å². The molecule has 0 aliphatic rings. The summed E-state index contributed by atoms with van der Waals surface area (Å²) in [6.45, 7) is 2.90. The fourth-order valence-electron chi connectivity index (χ4n) is 5.94. The van der Waals surface area contributed by atoms with Crippen LogP contribution in [0.3, 0.4) is 0 Å². The summed E-state index contributed by atoms with van der Waals surface area (Å²) in [7, 11) is 0. The van der Waals surface area contributed by atoms with Crippen molar-refractivity contribution in [2.24, 2.45) is 0 Å². The summed E-state index contributed by atoms with van der Waals surface area (Å²) < 4.78 is 22.4. The number of carbonyl (C=O) groups excluding carboxylic acids is 3. The molecule has 5 aromatic carbocycles. The number of rotatable bonds is 20. The number of carbonyl (C=O) groups is 3. The number of hydrogen-bond acceptors (Lipinski definition) is 8. The Balaban J connectivity index is 1.03. The molecule has 0 atom stereocenters. The van der Waals surface area contributed by atoms with E-state index in [1.807, 2.05) is 12.1 Å². The number of nitriles is 1. The molecule has 282 valence electrons. The van der Waals surface area contributed by atoms with Gasteiger partial charge in [-0.05, 0) is 115 Å². The molecule has 5 rings (SSSR count). The molecule has 0 bridgehead atoms. The van der Waals surface area contributed by atoms with Crippen LogP contribution < -0.4 is 18.9 Å². The van der Waals surface area contributed by atoms with Crippen LogP contribution in [-0.2, 0) is 0 Å². The molecule has 5 aromatic rings. The zero-order chi connectivity index (χ0) is 38.7. The summed E-state index contributed by atoms with van der Waals surface area (Å²) in [5.41, 5.74) is 3.10. The van der Waals surface area contributed by atoms with Crippen molar-refractivity contribution in [3.63, 3.8) is 0 Å². The number of benzene rings is 5. The average molecular weight is 738 g/mol. The number of unbranched alkanes of at least 4 members (excludes halogenated alkanes) is 10. The highest BCUT2D eigenvalue weighted by Gasteiger charge is 2.14. The fourth-order valence-corrected chi connectivity index (χ4v) is 5.94. The monoisotopic (exact) mass is 737 g/mol. The molecule has 0 aliphatic carbocycles. The molecular weight excluding hydrogens is 691 g/mol. The lowest BCUT2D eigenvalue weighted by atomic mass is 10.0. The predicted octanol–water partition coefficient (Wildman–Crippen LogP) is 11.6. The van der Waals surface area contributed by atoms with Gasteiger partial charge in [-0.2, -0.15) is 5.26 Å². The molecule has 0 aliphatic heterocycles. The lowest BCUT2D eigenvalue weighted by Gasteiger charge is -2.09. The van der Waals surface area contributed by atoms with Gasteiger partial charge in [0.25, 0.3) is 0 Å². The maximum Gasteiger partial charge on any atom is 0.343 e. The van der Waals surface area contributed by atoms with Gasteiger partial charge in [0.2, 0.25) is 0 Å². The molecule has 0 amide bonds. The van der Waals surface area contributed by atoms with E-state index in [0.29, 0.717) is 46.3 Å². The number of esters is 3. The minimum atomic E-state index is -0.570. The van der Waals surface area contributed by atoms with Crippen LogP contribution in [0.25, 0.3) is 11.1 Å². The van der Waals surface area contributed by atoms with E-state index in [-0.39, 0.29) is 5.56 Å². The van der Waals surface area contributed by atoms with E-state index in [9.17, 15) is 14.4 Å². The molecule has 0 radical (unpaired) electrons. The lowest BCUT2D eigenvalue weighted by molar-refractivity contribution is 0.0723. The van der Waals surface area contributed by atoms with Crippen molar-refractivity contribution in [1.82, 2.24) is 0 Å². The molecule has 0 fully saturated rings. The van der Waals surface area contributed by atoms with Crippen LogP contribution in [0.4, 0.5) is 0 Å². The quantitative estimate of drug-likeness (QED) is 0.0441. The van der Waals surface area contributed by atoms with E-state index in [0.717, 1.165) is 24.0 Å². The summed E-state index contributed by atoms with van der Waals surface area (Å²) in [5.74, 6) is 0.0885. The molecule has 55 heavy (non-hydrogen) atoms. The first-order chi connectivity index (χ1) is 26.9. The summed E-state index contributed by atoms with van der Waals surface area (Å²) in [6, 6.07) is 35.3. The van der Waals surface area contributed by atoms with Gasteiger partial charge in [-0.3, -0.25) is 0 Å². The van der Waals surface area contributed by atoms with E-state index in [1.54, 1.807) is 103 Å². The van der Waals surface area contributed by atoms with Crippen LogP contribution in [0.1, 0.15) is 114 Å². The van der Waals surface area contributed by atoms with Crippen molar-refractivity contribution < 1.29 is 33.3 Å². The number of hydrogen-bond donors (Lipinski definition) is 0. The Hall–Kier alpha value is -6.20. The topological polar surface area (TPSA) is 112 Å². The Bertz CT molecular complexity index is 2010. The third-order valence-electron chi connectivity index (χ3n) is 9.10. The van der Waals surface area contributed by atoms with Gasteiger partial charge in [0.05, 0.1) is 34.9 Å². The molecule has 0 saturated heterocycles. The van der Waals surface area contributed by atoms with Gasteiger partial charge < -0.3 is 18.9 Å². The molecular formula is C47H47NO7. The van der Waals surface area contributed by atoms with Crippen molar-refractivity contribution in [3.8, 4) is 40.2 Å². The first-order valence-corrected chi connectivity index (χ1v) is 19.1. The van der Waals surface area contributed by atoms with E-state index >= 15 is 0 Å². The van der Waals surface area contributed by atoms with Gasteiger partial charge in [-0.1, -0.05) is 95.4 Å². The third kappa shape index (κ3) is 13.0. The third-order valence-corrected chi connectivity index (χ3v) is 9.10. The molecule has 0 heterocycles. The first-order valence-electron chi connectivity index (χ1n) is 19.1. The Morgan fingerprint density at radius 3 is 1.42 bits per heavy atom. The normalized spacial score (nSPS) is 10.6. The van der Waals surface area contributed by atoms with Crippen LogP contribution in [0, 0.1) is 11.3 Å². The highest BCUT2D eigenvalue weighted by molar-refractivity contribution is 5.93. The van der Waals surface area contributed by atoms with Crippen molar-refractivity contribution in [3.05, 3.63) is 144 Å². The van der Waals surface area contributed by atoms with Crippen LogP contribution in [0.2, 0.25) is 0 Å². The lowest BCUT2D eigenvalue weighted by Crippen LogP contribution is -2.10. The van der Waals surface area contributed by atoms with E-state index < -0.39 is 17.9 Å². The second-order valence-corrected chi connectivity index (χ2v) is 13.3. The maximum atomic E-state index is 12.9. The average Bonchev–Trinajstić information content (AvgIpc) is 3.22. The fraction of sp³-hybridized carbons (Fsp3) is 0.277. The Morgan fingerprint density at radius 1 is 0.473 bits per heavy atom. The van der Waals surface area contributed by atoms with E-state index in [2.05, 4.69) is 6.92 Å². The van der Waals surface area contributed by atoms with Crippen LogP contribution in [0.15, 0.2) is 121 Å². The molecule has 8 heteroatoms. The highest BCUT2D eigenvalue weighted by Crippen LogP contribution is 2.26. The van der Waals surface area contributed by atoms with Crippen molar-refractivity contribution in [2.75, 3.05) is 6.61 Å². The summed E-state index contributed by atoms with van der Waals surface area (Å²) in [5, 5.41) is 8.94. The van der Waals surface area contributed by atoms with Crippen LogP contribution in [0.5, 0.6) is 23.0 Å². The minimum absolute atomic E-state index is 0.287. The van der Waals surface area contributed by atoms with Gasteiger partial charge in [0.15, 0.2) is 0 Å². The molecule has 0 saturated carbocycles. The molecule has 0 unspecified atom stereocenters. The first kappa shape index (κ1) is 40.0. The van der Waals surface area contributed by atoms with Gasteiger partial charge in [-0.25, -0.2) is 14.4 Å². The molecule has 0 aromatic heterocycles. The zero-order valence-electron chi connectivity index (χ0n) is 31.3. The Labute approximate surface area is 323 Å². The molecule has 0 spiro atoms. The maximum absolute atomic E-state index is 12.9. The van der Waals surface area contributed by atoms with Crippen LogP contribution >= 0.6 is 0 Å². The van der Waals surface area contributed by atoms with Gasteiger partial charge in [0.1, 0.15) is 23.0 Å². The van der Waals surface area contributed by atoms with E-state index in [1.165, 1.54) is 69.9 Å². The second-order valence-electron chi connectivity index (χ2n) is 13.3. The van der Waals surface area contributed by atoms with Crippen molar-refractivity contribution in [2.45, 2.75) is 77.6 Å². The van der Waals surface area contributed by atoms with Gasteiger partial charge >= 0.3 is 17.9 Å². The zero-order valence-corrected chi connectivity index (χ0v) is 31.3. The Kier molecular flexibility index (Phi) is 15.6. The Morgan fingerprint density at radius 2 is 0.909 bits per heavy atom. The van der Waals surface area contributed by atoms with Crippen molar-refractivity contribution in [1.29, 1.82) is 5.26 Å².